The van der Waals surface area contributed by atoms with Gasteiger partial charge in [-0.15, -0.1) is 0 Å². The number of aromatic nitrogens is 1. The predicted octanol–water partition coefficient (Wildman–Crippen LogP) is 3.29. The number of nitrogens with zero attached hydrogens (tertiary/aromatic N) is 1. The molecule has 1 heterocycles. The SMILES string of the molecule is COc1cccc(C2(NC(=O)c3cccnc3)CCCC2)c1. The van der Waals surface area contributed by atoms with Crippen LogP contribution in [0.2, 0.25) is 0 Å². The number of ether oxygens (including phenoxy) is 1. The van der Waals surface area contributed by atoms with E-state index in [9.17, 15) is 4.79 Å². The Morgan fingerprint density at radius 3 is 2.73 bits per heavy atom. The van der Waals surface area contributed by atoms with Crippen LogP contribution in [0.15, 0.2) is 48.8 Å². The summed E-state index contributed by atoms with van der Waals surface area (Å²) < 4.78 is 5.33. The highest BCUT2D eigenvalue weighted by atomic mass is 16.5. The Labute approximate surface area is 130 Å². The number of pyridine rings is 1. The highest BCUT2D eigenvalue weighted by Crippen LogP contribution is 2.40. The standard InChI is InChI=1S/C18H20N2O2/c1-22-16-8-4-7-15(12-16)18(9-2-3-10-18)20-17(21)14-6-5-11-19-13-14/h4-8,11-13H,2-3,9-10H2,1H3,(H,20,21). The van der Waals surface area contributed by atoms with Crippen LogP contribution in [0.1, 0.15) is 41.6 Å². The van der Waals surface area contributed by atoms with E-state index < -0.39 is 0 Å². The second-order valence-electron chi connectivity index (χ2n) is 5.72. The summed E-state index contributed by atoms with van der Waals surface area (Å²) in [5.41, 5.74) is 1.40. The van der Waals surface area contributed by atoms with Crippen molar-refractivity contribution in [3.63, 3.8) is 0 Å². The molecule has 0 aliphatic heterocycles. The lowest BCUT2D eigenvalue weighted by Crippen LogP contribution is -2.43. The van der Waals surface area contributed by atoms with Crippen molar-refractivity contribution in [2.75, 3.05) is 7.11 Å². The topological polar surface area (TPSA) is 51.2 Å². The van der Waals surface area contributed by atoms with Crippen LogP contribution >= 0.6 is 0 Å². The van der Waals surface area contributed by atoms with Gasteiger partial charge in [0.2, 0.25) is 0 Å². The molecule has 2 aromatic rings. The van der Waals surface area contributed by atoms with Gasteiger partial charge < -0.3 is 10.1 Å². The normalized spacial score (nSPS) is 16.2. The first-order chi connectivity index (χ1) is 10.7. The van der Waals surface area contributed by atoms with Crippen molar-refractivity contribution in [3.8, 4) is 5.75 Å². The monoisotopic (exact) mass is 296 g/mol. The number of carbonyl (C=O) groups excluding carboxylic acids is 1. The highest BCUT2D eigenvalue weighted by molar-refractivity contribution is 5.94. The van der Waals surface area contributed by atoms with Gasteiger partial charge in [0.1, 0.15) is 5.75 Å². The Hall–Kier alpha value is -2.36. The first kappa shape index (κ1) is 14.6. The van der Waals surface area contributed by atoms with E-state index in [2.05, 4.69) is 16.4 Å². The molecule has 0 atom stereocenters. The van der Waals surface area contributed by atoms with E-state index in [0.717, 1.165) is 37.0 Å². The molecule has 1 amide bonds. The zero-order valence-electron chi connectivity index (χ0n) is 12.7. The third-order valence-electron chi connectivity index (χ3n) is 4.36. The minimum absolute atomic E-state index is 0.0715. The largest absolute Gasteiger partial charge is 0.497 e. The predicted molar refractivity (Wildman–Crippen MR) is 84.8 cm³/mol. The third-order valence-corrected chi connectivity index (χ3v) is 4.36. The molecule has 1 saturated carbocycles. The van der Waals surface area contributed by atoms with Gasteiger partial charge in [-0.3, -0.25) is 9.78 Å². The summed E-state index contributed by atoms with van der Waals surface area (Å²) in [5, 5.41) is 3.24. The van der Waals surface area contributed by atoms with Crippen LogP contribution < -0.4 is 10.1 Å². The molecule has 0 radical (unpaired) electrons. The van der Waals surface area contributed by atoms with E-state index >= 15 is 0 Å². The number of hydrogen-bond acceptors (Lipinski definition) is 3. The summed E-state index contributed by atoms with van der Waals surface area (Å²) in [6.07, 6.45) is 7.40. The van der Waals surface area contributed by atoms with Crippen LogP contribution in [0.5, 0.6) is 5.75 Å². The van der Waals surface area contributed by atoms with Crippen molar-refractivity contribution in [1.82, 2.24) is 10.3 Å². The van der Waals surface area contributed by atoms with E-state index in [1.165, 1.54) is 0 Å². The van der Waals surface area contributed by atoms with Crippen molar-refractivity contribution in [2.45, 2.75) is 31.2 Å². The minimum atomic E-state index is -0.304. The Bertz CT molecular complexity index is 649. The Kier molecular flexibility index (Phi) is 4.09. The van der Waals surface area contributed by atoms with Gasteiger partial charge in [-0.25, -0.2) is 0 Å². The fraction of sp³-hybridized carbons (Fsp3) is 0.333. The third kappa shape index (κ3) is 2.82. The van der Waals surface area contributed by atoms with Crippen LogP contribution in [-0.4, -0.2) is 18.0 Å². The first-order valence-electron chi connectivity index (χ1n) is 7.61. The molecule has 1 fully saturated rings. The number of rotatable bonds is 4. The first-order valence-corrected chi connectivity index (χ1v) is 7.61. The quantitative estimate of drug-likeness (QED) is 0.942. The zero-order valence-corrected chi connectivity index (χ0v) is 12.7. The number of amides is 1. The lowest BCUT2D eigenvalue weighted by atomic mass is 9.87. The summed E-state index contributed by atoms with van der Waals surface area (Å²) in [5.74, 6) is 0.747. The molecule has 1 aromatic carbocycles. The Balaban J connectivity index is 1.90. The summed E-state index contributed by atoms with van der Waals surface area (Å²) >= 11 is 0. The maximum absolute atomic E-state index is 12.6. The molecule has 114 valence electrons. The van der Waals surface area contributed by atoms with Crippen molar-refractivity contribution < 1.29 is 9.53 Å². The van der Waals surface area contributed by atoms with Gasteiger partial charge in [0.25, 0.3) is 5.91 Å². The van der Waals surface area contributed by atoms with Crippen LogP contribution in [0, 0.1) is 0 Å². The van der Waals surface area contributed by atoms with Gasteiger partial charge >= 0.3 is 0 Å². The van der Waals surface area contributed by atoms with Crippen LogP contribution in [0.25, 0.3) is 0 Å². The van der Waals surface area contributed by atoms with Crippen molar-refractivity contribution in [3.05, 3.63) is 59.9 Å². The van der Waals surface area contributed by atoms with Gasteiger partial charge in [0.05, 0.1) is 18.2 Å². The minimum Gasteiger partial charge on any atom is -0.497 e. The number of nitrogens with one attached hydrogen (secondary N) is 1. The molecule has 1 N–H and O–H groups in total. The fourth-order valence-electron chi connectivity index (χ4n) is 3.17. The van der Waals surface area contributed by atoms with Crippen molar-refractivity contribution >= 4 is 5.91 Å². The van der Waals surface area contributed by atoms with Gasteiger partial charge in [-0.1, -0.05) is 25.0 Å². The summed E-state index contributed by atoms with van der Waals surface area (Å²) in [4.78, 5) is 16.6. The maximum Gasteiger partial charge on any atom is 0.253 e. The second-order valence-corrected chi connectivity index (χ2v) is 5.72. The lowest BCUT2D eigenvalue weighted by Gasteiger charge is -2.31. The van der Waals surface area contributed by atoms with Crippen LogP contribution in [-0.2, 0) is 5.54 Å². The van der Waals surface area contributed by atoms with E-state index in [1.807, 2.05) is 18.2 Å². The van der Waals surface area contributed by atoms with Gasteiger partial charge in [0.15, 0.2) is 0 Å². The molecule has 22 heavy (non-hydrogen) atoms. The Morgan fingerprint density at radius 1 is 1.23 bits per heavy atom. The van der Waals surface area contributed by atoms with E-state index in [1.54, 1.807) is 31.6 Å². The smallest absolute Gasteiger partial charge is 0.253 e. The number of carbonyl (C=O) groups is 1. The average molecular weight is 296 g/mol. The molecule has 4 nitrogen and oxygen atoms in total. The molecule has 0 bridgehead atoms. The zero-order chi connectivity index (χ0) is 15.4. The molecule has 0 saturated heterocycles. The number of methoxy groups -OCH3 is 1. The average Bonchev–Trinajstić information content (AvgIpc) is 3.05. The van der Waals surface area contributed by atoms with Gasteiger partial charge in [0, 0.05) is 12.4 Å². The van der Waals surface area contributed by atoms with E-state index in [4.69, 9.17) is 4.74 Å². The fourth-order valence-corrected chi connectivity index (χ4v) is 3.17. The molecule has 0 unspecified atom stereocenters. The molecule has 1 aliphatic carbocycles. The van der Waals surface area contributed by atoms with Gasteiger partial charge in [-0.05, 0) is 42.7 Å². The number of benzene rings is 1. The van der Waals surface area contributed by atoms with Crippen LogP contribution in [0.4, 0.5) is 0 Å². The van der Waals surface area contributed by atoms with Gasteiger partial charge in [-0.2, -0.15) is 0 Å². The maximum atomic E-state index is 12.6. The molecule has 4 heteroatoms. The summed E-state index contributed by atoms with van der Waals surface area (Å²) in [6.45, 7) is 0. The molecule has 0 spiro atoms. The van der Waals surface area contributed by atoms with Crippen molar-refractivity contribution in [2.24, 2.45) is 0 Å². The summed E-state index contributed by atoms with van der Waals surface area (Å²) in [6, 6.07) is 11.6. The molecular weight excluding hydrogens is 276 g/mol. The van der Waals surface area contributed by atoms with Crippen LogP contribution in [0.3, 0.4) is 0 Å². The highest BCUT2D eigenvalue weighted by Gasteiger charge is 2.37. The molecule has 1 aliphatic rings. The van der Waals surface area contributed by atoms with E-state index in [-0.39, 0.29) is 11.4 Å². The number of hydrogen-bond donors (Lipinski definition) is 1. The molecular formula is C18H20N2O2. The second kappa shape index (κ2) is 6.18. The Morgan fingerprint density at radius 2 is 2.05 bits per heavy atom. The molecule has 3 rings (SSSR count). The lowest BCUT2D eigenvalue weighted by molar-refractivity contribution is 0.0897. The molecule has 1 aromatic heterocycles. The van der Waals surface area contributed by atoms with E-state index in [0.29, 0.717) is 5.56 Å². The summed E-state index contributed by atoms with van der Waals surface area (Å²) in [7, 11) is 1.66. The van der Waals surface area contributed by atoms with Crippen molar-refractivity contribution in [1.29, 1.82) is 0 Å².